The fourth-order valence-electron chi connectivity index (χ4n) is 2.93. The molecule has 0 spiro atoms. The van der Waals surface area contributed by atoms with E-state index in [0.717, 1.165) is 29.2 Å². The van der Waals surface area contributed by atoms with Crippen LogP contribution in [0.1, 0.15) is 28.5 Å². The summed E-state index contributed by atoms with van der Waals surface area (Å²) in [6.45, 7) is 7.85. The van der Waals surface area contributed by atoms with Crippen LogP contribution in [0.4, 0.5) is 11.6 Å². The largest absolute Gasteiger partial charge is 0.461 e. The van der Waals surface area contributed by atoms with Crippen LogP contribution in [0, 0.1) is 13.8 Å². The Labute approximate surface area is 138 Å². The average Bonchev–Trinajstić information content (AvgIpc) is 3.00. The van der Waals surface area contributed by atoms with Gasteiger partial charge in [-0.05, 0) is 53.9 Å². The topological polar surface area (TPSA) is 47.4 Å². The highest BCUT2D eigenvalue weighted by Crippen LogP contribution is 2.38. The number of esters is 1. The van der Waals surface area contributed by atoms with Crippen molar-refractivity contribution in [1.82, 2.24) is 9.55 Å². The number of benzene rings is 1. The molecule has 5 nitrogen and oxygen atoms in total. The molecule has 6 heteroatoms. The van der Waals surface area contributed by atoms with Crippen LogP contribution in [0.5, 0.6) is 0 Å². The maximum atomic E-state index is 12.0. The van der Waals surface area contributed by atoms with Gasteiger partial charge in [-0.1, -0.05) is 6.07 Å². The summed E-state index contributed by atoms with van der Waals surface area (Å²) in [5, 5.41) is 0. The van der Waals surface area contributed by atoms with E-state index in [-0.39, 0.29) is 5.97 Å². The monoisotopic (exact) mass is 363 g/mol. The number of anilines is 2. The van der Waals surface area contributed by atoms with Crippen molar-refractivity contribution in [2.45, 2.75) is 27.3 Å². The van der Waals surface area contributed by atoms with E-state index in [1.807, 2.05) is 4.57 Å². The molecule has 3 rings (SSSR count). The zero-order chi connectivity index (χ0) is 15.9. The predicted molar refractivity (Wildman–Crippen MR) is 88.8 cm³/mol. The third-order valence-corrected chi connectivity index (χ3v) is 4.38. The second kappa shape index (κ2) is 5.76. The fourth-order valence-corrected chi connectivity index (χ4v) is 3.82. The summed E-state index contributed by atoms with van der Waals surface area (Å²) < 4.78 is 8.05. The van der Waals surface area contributed by atoms with Gasteiger partial charge in [0.25, 0.3) is 0 Å². The maximum absolute atomic E-state index is 12.0. The van der Waals surface area contributed by atoms with Gasteiger partial charge < -0.3 is 14.2 Å². The summed E-state index contributed by atoms with van der Waals surface area (Å²) >= 11 is 3.65. The Hall–Kier alpha value is -1.82. The molecule has 0 bridgehead atoms. The summed E-state index contributed by atoms with van der Waals surface area (Å²) in [4.78, 5) is 18.5. The lowest BCUT2D eigenvalue weighted by atomic mass is 10.1. The molecule has 0 N–H and O–H groups in total. The van der Waals surface area contributed by atoms with Gasteiger partial charge in [-0.15, -0.1) is 0 Å². The number of carbonyl (C=O) groups excluding carboxylic acids is 1. The molecular formula is C16H18BrN3O2. The van der Waals surface area contributed by atoms with Crippen molar-refractivity contribution in [3.8, 4) is 0 Å². The molecular weight excluding hydrogens is 346 g/mol. The van der Waals surface area contributed by atoms with Crippen molar-refractivity contribution < 1.29 is 9.53 Å². The number of ether oxygens (including phenoxy) is 1. The first-order valence-electron chi connectivity index (χ1n) is 7.30. The van der Waals surface area contributed by atoms with E-state index in [1.165, 1.54) is 11.1 Å². The Morgan fingerprint density at radius 2 is 2.14 bits per heavy atom. The Morgan fingerprint density at radius 1 is 1.36 bits per heavy atom. The van der Waals surface area contributed by atoms with E-state index in [0.29, 0.717) is 12.3 Å². The third kappa shape index (κ3) is 2.41. The quantitative estimate of drug-likeness (QED) is 0.781. The highest BCUT2D eigenvalue weighted by atomic mass is 79.9. The molecule has 0 atom stereocenters. The minimum absolute atomic E-state index is 0.317. The molecule has 0 fully saturated rings. The smallest absolute Gasteiger partial charge is 0.356 e. The van der Waals surface area contributed by atoms with E-state index in [4.69, 9.17) is 4.74 Å². The molecule has 2 aromatic rings. The van der Waals surface area contributed by atoms with Crippen LogP contribution in [0.15, 0.2) is 22.8 Å². The molecule has 2 heterocycles. The summed E-state index contributed by atoms with van der Waals surface area (Å²) in [6, 6.07) is 4.25. The molecule has 22 heavy (non-hydrogen) atoms. The zero-order valence-electron chi connectivity index (χ0n) is 12.9. The Kier molecular flexibility index (Phi) is 3.95. The molecule has 1 aliphatic rings. The molecule has 0 saturated carbocycles. The number of imidazole rings is 1. The Bertz CT molecular complexity index is 716. The van der Waals surface area contributed by atoms with Crippen LogP contribution in [0.3, 0.4) is 0 Å². The maximum Gasteiger partial charge on any atom is 0.356 e. The minimum atomic E-state index is -0.317. The molecule has 116 valence electrons. The van der Waals surface area contributed by atoms with E-state index >= 15 is 0 Å². The molecule has 0 aliphatic carbocycles. The van der Waals surface area contributed by atoms with Crippen molar-refractivity contribution >= 4 is 33.5 Å². The van der Waals surface area contributed by atoms with Gasteiger partial charge in [0.2, 0.25) is 5.95 Å². The van der Waals surface area contributed by atoms with Crippen molar-refractivity contribution in [2.75, 3.05) is 18.1 Å². The van der Waals surface area contributed by atoms with Crippen LogP contribution in [0.25, 0.3) is 0 Å². The van der Waals surface area contributed by atoms with E-state index < -0.39 is 0 Å². The lowest BCUT2D eigenvalue weighted by Crippen LogP contribution is -2.16. The standard InChI is InChI=1S/C16H18BrN3O2/c1-4-22-15(21)13-9-18-16-19(13)5-6-20(16)14-11(3)7-10(2)8-12(14)17/h7-9H,4-6H2,1-3H3. The SMILES string of the molecule is CCOC(=O)c1cnc2n1CCN2c1c(C)cc(C)cc1Br. The second-order valence-electron chi connectivity index (χ2n) is 5.38. The third-order valence-electron chi connectivity index (χ3n) is 3.78. The number of aromatic nitrogens is 2. The van der Waals surface area contributed by atoms with Crippen LogP contribution in [-0.2, 0) is 11.3 Å². The molecule has 0 saturated heterocycles. The van der Waals surface area contributed by atoms with Gasteiger partial charge in [0, 0.05) is 17.6 Å². The predicted octanol–water partition coefficient (Wildman–Crippen LogP) is 3.59. The Balaban J connectivity index is 2.01. The molecule has 1 aromatic heterocycles. The zero-order valence-corrected chi connectivity index (χ0v) is 14.5. The number of aryl methyl sites for hydroxylation is 2. The van der Waals surface area contributed by atoms with Crippen LogP contribution >= 0.6 is 15.9 Å². The fraction of sp³-hybridized carbons (Fsp3) is 0.375. The molecule has 0 amide bonds. The van der Waals surface area contributed by atoms with E-state index in [1.54, 1.807) is 13.1 Å². The summed E-state index contributed by atoms with van der Waals surface area (Å²) in [5.41, 5.74) is 4.01. The molecule has 1 aliphatic heterocycles. The molecule has 1 aromatic carbocycles. The highest BCUT2D eigenvalue weighted by molar-refractivity contribution is 9.10. The summed E-state index contributed by atoms with van der Waals surface area (Å²) in [6.07, 6.45) is 1.59. The van der Waals surface area contributed by atoms with Gasteiger partial charge in [0.15, 0.2) is 0 Å². The summed E-state index contributed by atoms with van der Waals surface area (Å²) in [7, 11) is 0. The van der Waals surface area contributed by atoms with E-state index in [9.17, 15) is 4.79 Å². The number of halogens is 1. The highest BCUT2D eigenvalue weighted by Gasteiger charge is 2.29. The number of nitrogens with zero attached hydrogens (tertiary/aromatic N) is 3. The second-order valence-corrected chi connectivity index (χ2v) is 6.23. The van der Waals surface area contributed by atoms with Gasteiger partial charge in [0.1, 0.15) is 5.69 Å². The van der Waals surface area contributed by atoms with Gasteiger partial charge >= 0.3 is 5.97 Å². The van der Waals surface area contributed by atoms with Gasteiger partial charge in [0.05, 0.1) is 18.5 Å². The average molecular weight is 364 g/mol. The van der Waals surface area contributed by atoms with E-state index in [2.05, 4.69) is 51.8 Å². The molecule has 0 radical (unpaired) electrons. The first-order valence-corrected chi connectivity index (χ1v) is 8.09. The number of rotatable bonds is 3. The van der Waals surface area contributed by atoms with Gasteiger partial charge in [-0.2, -0.15) is 0 Å². The molecule has 0 unspecified atom stereocenters. The van der Waals surface area contributed by atoms with Crippen molar-refractivity contribution in [2.24, 2.45) is 0 Å². The van der Waals surface area contributed by atoms with Crippen LogP contribution in [-0.4, -0.2) is 28.7 Å². The lowest BCUT2D eigenvalue weighted by molar-refractivity contribution is 0.0514. The normalized spacial score (nSPS) is 13.4. The van der Waals surface area contributed by atoms with Crippen molar-refractivity contribution in [3.05, 3.63) is 39.6 Å². The minimum Gasteiger partial charge on any atom is -0.461 e. The first kappa shape index (κ1) is 15.1. The lowest BCUT2D eigenvalue weighted by Gasteiger charge is -2.21. The number of hydrogen-bond acceptors (Lipinski definition) is 4. The van der Waals surface area contributed by atoms with Crippen LogP contribution in [0.2, 0.25) is 0 Å². The first-order chi connectivity index (χ1) is 10.5. The number of hydrogen-bond donors (Lipinski definition) is 0. The number of carbonyl (C=O) groups is 1. The van der Waals surface area contributed by atoms with Crippen molar-refractivity contribution in [3.63, 3.8) is 0 Å². The van der Waals surface area contributed by atoms with Gasteiger partial charge in [-0.3, -0.25) is 0 Å². The Morgan fingerprint density at radius 3 is 2.82 bits per heavy atom. The van der Waals surface area contributed by atoms with Crippen LogP contribution < -0.4 is 4.90 Å². The number of fused-ring (bicyclic) bond motifs is 1. The van der Waals surface area contributed by atoms with Gasteiger partial charge in [-0.25, -0.2) is 9.78 Å². The summed E-state index contributed by atoms with van der Waals surface area (Å²) in [5.74, 6) is 0.471. The van der Waals surface area contributed by atoms with Crippen molar-refractivity contribution in [1.29, 1.82) is 0 Å².